The maximum atomic E-state index is 14.3. The Kier molecular flexibility index (Phi) is 3.91. The van der Waals surface area contributed by atoms with E-state index >= 15 is 0 Å². The van der Waals surface area contributed by atoms with Crippen molar-refractivity contribution in [1.29, 1.82) is 0 Å². The lowest BCUT2D eigenvalue weighted by Gasteiger charge is -2.27. The number of imide groups is 1. The smallest absolute Gasteiger partial charge is 0.239 e. The first kappa shape index (κ1) is 17.3. The number of anilines is 1. The van der Waals surface area contributed by atoms with E-state index in [1.807, 2.05) is 11.0 Å². The topological polar surface area (TPSA) is 57.7 Å². The molecule has 3 aliphatic rings. The van der Waals surface area contributed by atoms with E-state index in [1.54, 1.807) is 30.3 Å². The number of benzene rings is 2. The van der Waals surface area contributed by atoms with Crippen LogP contribution in [0.2, 0.25) is 0 Å². The summed E-state index contributed by atoms with van der Waals surface area (Å²) in [6.07, 6.45) is 1.65. The number of rotatable bonds is 3. The molecule has 0 bridgehead atoms. The van der Waals surface area contributed by atoms with Crippen molar-refractivity contribution in [2.75, 3.05) is 11.4 Å². The lowest BCUT2D eigenvalue weighted by molar-refractivity contribution is -0.123. The largest absolute Gasteiger partial charge is 0.292 e. The van der Waals surface area contributed by atoms with Gasteiger partial charge in [-0.05, 0) is 31.5 Å². The zero-order chi connectivity index (χ0) is 19.4. The van der Waals surface area contributed by atoms with Crippen LogP contribution in [0.4, 0.5) is 10.1 Å². The quantitative estimate of drug-likeness (QED) is 0.609. The lowest BCUT2D eigenvalue weighted by atomic mass is 9.85. The van der Waals surface area contributed by atoms with Crippen molar-refractivity contribution >= 4 is 23.3 Å². The molecule has 5 rings (SSSR count). The number of carbonyl (C=O) groups excluding carboxylic acids is 3. The van der Waals surface area contributed by atoms with Crippen LogP contribution in [0.15, 0.2) is 54.6 Å². The third-order valence-corrected chi connectivity index (χ3v) is 6.27. The van der Waals surface area contributed by atoms with Gasteiger partial charge in [0.15, 0.2) is 5.78 Å². The summed E-state index contributed by atoms with van der Waals surface area (Å²) in [5.74, 6) is -2.96. The van der Waals surface area contributed by atoms with Crippen LogP contribution >= 0.6 is 0 Å². The molecule has 2 amide bonds. The normalized spacial score (nSPS) is 29.2. The van der Waals surface area contributed by atoms with E-state index in [9.17, 15) is 18.8 Å². The number of hydrogen-bond acceptors (Lipinski definition) is 4. The molecule has 142 valence electrons. The van der Waals surface area contributed by atoms with Gasteiger partial charge < -0.3 is 0 Å². The van der Waals surface area contributed by atoms with Gasteiger partial charge in [-0.3, -0.25) is 19.3 Å². The van der Waals surface area contributed by atoms with Crippen LogP contribution in [0.25, 0.3) is 0 Å². The van der Waals surface area contributed by atoms with Crippen molar-refractivity contribution in [2.45, 2.75) is 24.9 Å². The second-order valence-electron chi connectivity index (χ2n) is 7.64. The average molecular weight is 378 g/mol. The number of fused-ring (bicyclic) bond motifs is 3. The molecule has 0 spiro atoms. The van der Waals surface area contributed by atoms with E-state index in [4.69, 9.17) is 0 Å². The molecular weight excluding hydrogens is 359 g/mol. The number of Topliss-reactive ketones (excluding diaryl/α,β-unsaturated/α-hetero) is 1. The van der Waals surface area contributed by atoms with E-state index in [2.05, 4.69) is 0 Å². The van der Waals surface area contributed by atoms with Crippen molar-refractivity contribution in [3.05, 3.63) is 66.0 Å². The molecule has 0 aromatic heterocycles. The molecule has 4 atom stereocenters. The number of ketones is 1. The van der Waals surface area contributed by atoms with Crippen LogP contribution in [-0.4, -0.2) is 41.1 Å². The Bertz CT molecular complexity index is 977. The number of halogens is 1. The van der Waals surface area contributed by atoms with Gasteiger partial charge in [-0.15, -0.1) is 0 Å². The zero-order valence-electron chi connectivity index (χ0n) is 15.1. The van der Waals surface area contributed by atoms with Crippen LogP contribution < -0.4 is 4.90 Å². The third-order valence-electron chi connectivity index (χ3n) is 6.27. The zero-order valence-corrected chi connectivity index (χ0v) is 15.1. The number of carbonyl (C=O) groups is 3. The van der Waals surface area contributed by atoms with Crippen molar-refractivity contribution in [3.63, 3.8) is 0 Å². The van der Waals surface area contributed by atoms with Crippen LogP contribution in [0.5, 0.6) is 0 Å². The summed E-state index contributed by atoms with van der Waals surface area (Å²) in [4.78, 5) is 42.8. The second kappa shape index (κ2) is 6.34. The summed E-state index contributed by atoms with van der Waals surface area (Å²) in [7, 11) is 0. The molecule has 6 heteroatoms. The molecule has 3 fully saturated rings. The molecule has 0 radical (unpaired) electrons. The Morgan fingerprint density at radius 2 is 1.61 bits per heavy atom. The van der Waals surface area contributed by atoms with E-state index in [-0.39, 0.29) is 23.4 Å². The molecule has 5 nitrogen and oxygen atoms in total. The predicted octanol–water partition coefficient (Wildman–Crippen LogP) is 2.66. The summed E-state index contributed by atoms with van der Waals surface area (Å²) < 4.78 is 14.3. The fourth-order valence-electron chi connectivity index (χ4n) is 5.16. The Hall–Kier alpha value is -2.86. The Morgan fingerprint density at radius 1 is 0.929 bits per heavy atom. The van der Waals surface area contributed by atoms with Gasteiger partial charge in [0.1, 0.15) is 5.82 Å². The first-order valence-electron chi connectivity index (χ1n) is 9.57. The Balaban J connectivity index is 1.58. The number of nitrogens with zero attached hydrogens (tertiary/aromatic N) is 2. The molecule has 3 aliphatic heterocycles. The summed E-state index contributed by atoms with van der Waals surface area (Å²) in [5, 5.41) is 0. The summed E-state index contributed by atoms with van der Waals surface area (Å²) >= 11 is 0. The van der Waals surface area contributed by atoms with Crippen LogP contribution in [0.3, 0.4) is 0 Å². The minimum absolute atomic E-state index is 0.0256. The maximum Gasteiger partial charge on any atom is 0.239 e. The van der Waals surface area contributed by atoms with E-state index < -0.39 is 29.6 Å². The van der Waals surface area contributed by atoms with Gasteiger partial charge >= 0.3 is 0 Å². The molecule has 2 aromatic rings. The van der Waals surface area contributed by atoms with E-state index in [0.717, 1.165) is 17.7 Å². The molecule has 3 saturated heterocycles. The summed E-state index contributed by atoms with van der Waals surface area (Å²) in [6.45, 7) is 0.696. The molecule has 0 N–H and O–H groups in total. The fraction of sp³-hybridized carbons (Fsp3) is 0.318. The molecule has 3 heterocycles. The van der Waals surface area contributed by atoms with Crippen molar-refractivity contribution < 1.29 is 18.8 Å². The molecular formula is C22H19FN2O3. The first-order valence-corrected chi connectivity index (χ1v) is 9.57. The van der Waals surface area contributed by atoms with Crippen molar-refractivity contribution in [3.8, 4) is 0 Å². The fourth-order valence-corrected chi connectivity index (χ4v) is 5.16. The van der Waals surface area contributed by atoms with E-state index in [1.165, 1.54) is 18.2 Å². The van der Waals surface area contributed by atoms with E-state index in [0.29, 0.717) is 12.1 Å². The molecule has 28 heavy (non-hydrogen) atoms. The summed E-state index contributed by atoms with van der Waals surface area (Å²) in [6, 6.07) is 13.8. The predicted molar refractivity (Wildman–Crippen MR) is 100 cm³/mol. The van der Waals surface area contributed by atoms with Crippen LogP contribution in [0.1, 0.15) is 23.2 Å². The SMILES string of the molecule is O=C(c1ccccc1)[C@H]1[C@H]2C(=O)N(c3ccccc3F)C(=O)[C@@H]2[C@H]2CCCN21. The number of para-hydroxylation sites is 1. The van der Waals surface area contributed by atoms with Gasteiger partial charge in [-0.25, -0.2) is 9.29 Å². The third kappa shape index (κ3) is 2.31. The minimum atomic E-state index is -0.759. The van der Waals surface area contributed by atoms with Crippen molar-refractivity contribution in [1.82, 2.24) is 4.90 Å². The van der Waals surface area contributed by atoms with Gasteiger partial charge in [0, 0.05) is 11.6 Å². The highest BCUT2D eigenvalue weighted by molar-refractivity contribution is 6.24. The highest BCUT2D eigenvalue weighted by Gasteiger charge is 2.64. The first-order chi connectivity index (χ1) is 13.6. The number of hydrogen-bond donors (Lipinski definition) is 0. The highest BCUT2D eigenvalue weighted by atomic mass is 19.1. The second-order valence-corrected chi connectivity index (χ2v) is 7.64. The maximum absolute atomic E-state index is 14.3. The van der Waals surface area contributed by atoms with Gasteiger partial charge in [0.25, 0.3) is 0 Å². The number of amides is 2. The molecule has 0 unspecified atom stereocenters. The van der Waals surface area contributed by atoms with Gasteiger partial charge in [0.05, 0.1) is 23.6 Å². The monoisotopic (exact) mass is 378 g/mol. The average Bonchev–Trinajstić information content (AvgIpc) is 3.35. The van der Waals surface area contributed by atoms with Crippen LogP contribution in [0, 0.1) is 17.7 Å². The highest BCUT2D eigenvalue weighted by Crippen LogP contribution is 2.48. The van der Waals surface area contributed by atoms with Gasteiger partial charge in [-0.2, -0.15) is 0 Å². The minimum Gasteiger partial charge on any atom is -0.292 e. The van der Waals surface area contributed by atoms with Gasteiger partial charge in [0.2, 0.25) is 11.8 Å². The Morgan fingerprint density at radius 3 is 2.36 bits per heavy atom. The lowest BCUT2D eigenvalue weighted by Crippen LogP contribution is -2.46. The molecule has 0 aliphatic carbocycles. The van der Waals surface area contributed by atoms with Crippen molar-refractivity contribution in [2.24, 2.45) is 11.8 Å². The Labute approximate surface area is 161 Å². The van der Waals surface area contributed by atoms with Gasteiger partial charge in [-0.1, -0.05) is 42.5 Å². The summed E-state index contributed by atoms with van der Waals surface area (Å²) in [5.41, 5.74) is 0.505. The molecule has 0 saturated carbocycles. The molecule has 2 aromatic carbocycles. The van der Waals surface area contributed by atoms with Crippen LogP contribution in [-0.2, 0) is 9.59 Å². The standard InChI is InChI=1S/C22H19FN2O3/c23-14-9-4-5-10-15(14)25-21(27)17-16-11-6-12-24(16)19(18(17)22(25)28)20(26)13-7-2-1-3-8-13/h1-5,7-10,16-19H,6,11-12H2/t16-,17-,18+,19-/m1/s1.